The fourth-order valence-electron chi connectivity index (χ4n) is 3.33. The molecule has 114 valence electrons. The van der Waals surface area contributed by atoms with Crippen molar-refractivity contribution in [2.75, 3.05) is 18.1 Å². The van der Waals surface area contributed by atoms with E-state index in [-0.39, 0.29) is 17.8 Å². The lowest BCUT2D eigenvalue weighted by Crippen LogP contribution is -2.36. The molecule has 1 aromatic carbocycles. The molecule has 0 aliphatic carbocycles. The molecule has 1 N–H and O–H groups in total. The van der Waals surface area contributed by atoms with Crippen molar-refractivity contribution >= 4 is 11.6 Å². The van der Waals surface area contributed by atoms with E-state index in [4.69, 9.17) is 4.74 Å². The maximum atomic E-state index is 12.5. The zero-order valence-electron chi connectivity index (χ0n) is 12.4. The smallest absolute Gasteiger partial charge is 0.227 e. The second-order valence-electron chi connectivity index (χ2n) is 5.96. The number of para-hydroxylation sites is 1. The Labute approximate surface area is 125 Å². The van der Waals surface area contributed by atoms with E-state index in [0.717, 1.165) is 50.0 Å². The van der Waals surface area contributed by atoms with Crippen molar-refractivity contribution in [1.29, 1.82) is 0 Å². The van der Waals surface area contributed by atoms with Crippen LogP contribution in [0.5, 0.6) is 5.75 Å². The molecule has 0 spiro atoms. The Bertz CT molecular complexity index is 509. The molecule has 0 saturated carbocycles. The van der Waals surface area contributed by atoms with Gasteiger partial charge in [0.15, 0.2) is 0 Å². The molecule has 2 aliphatic rings. The molecule has 4 heteroatoms. The second kappa shape index (κ2) is 6.48. The van der Waals surface area contributed by atoms with Crippen molar-refractivity contribution in [3.05, 3.63) is 23.8 Å². The van der Waals surface area contributed by atoms with E-state index in [1.807, 2.05) is 12.1 Å². The SMILES string of the molecule is O=C(CCC1CCCCO1)N1CCCc2cccc(O)c21. The van der Waals surface area contributed by atoms with Crippen molar-refractivity contribution in [3.63, 3.8) is 0 Å². The quantitative estimate of drug-likeness (QED) is 0.930. The van der Waals surface area contributed by atoms with Gasteiger partial charge in [-0.25, -0.2) is 0 Å². The van der Waals surface area contributed by atoms with Crippen LogP contribution in [0.1, 0.15) is 44.1 Å². The molecule has 2 heterocycles. The normalized spacial score (nSPS) is 21.9. The van der Waals surface area contributed by atoms with Crippen LogP contribution in [-0.4, -0.2) is 30.3 Å². The van der Waals surface area contributed by atoms with Crippen molar-refractivity contribution < 1.29 is 14.6 Å². The maximum absolute atomic E-state index is 12.5. The first-order valence-electron chi connectivity index (χ1n) is 7.98. The lowest BCUT2D eigenvalue weighted by molar-refractivity contribution is -0.119. The van der Waals surface area contributed by atoms with Crippen LogP contribution in [0.3, 0.4) is 0 Å². The predicted molar refractivity (Wildman–Crippen MR) is 81.6 cm³/mol. The average molecular weight is 289 g/mol. The van der Waals surface area contributed by atoms with Crippen molar-refractivity contribution in [2.45, 2.75) is 51.0 Å². The molecule has 3 rings (SSSR count). The number of amides is 1. The summed E-state index contributed by atoms with van der Waals surface area (Å²) in [6, 6.07) is 5.51. The summed E-state index contributed by atoms with van der Waals surface area (Å²) in [5.74, 6) is 0.320. The van der Waals surface area contributed by atoms with Crippen molar-refractivity contribution in [3.8, 4) is 5.75 Å². The summed E-state index contributed by atoms with van der Waals surface area (Å²) in [6.07, 6.45) is 6.81. The number of phenolic OH excluding ortho intramolecular Hbond substituents is 1. The van der Waals surface area contributed by atoms with Crippen LogP contribution in [0.15, 0.2) is 18.2 Å². The number of nitrogens with zero attached hydrogens (tertiary/aromatic N) is 1. The summed E-state index contributed by atoms with van der Waals surface area (Å²) < 4.78 is 5.69. The largest absolute Gasteiger partial charge is 0.506 e. The number of hydrogen-bond donors (Lipinski definition) is 1. The summed E-state index contributed by atoms with van der Waals surface area (Å²) in [5, 5.41) is 10.1. The van der Waals surface area contributed by atoms with E-state index in [1.54, 1.807) is 11.0 Å². The van der Waals surface area contributed by atoms with Crippen LogP contribution in [0, 0.1) is 0 Å². The molecule has 0 bridgehead atoms. The first-order chi connectivity index (χ1) is 10.3. The first kappa shape index (κ1) is 14.4. The monoisotopic (exact) mass is 289 g/mol. The molecule has 1 atom stereocenters. The fourth-order valence-corrected chi connectivity index (χ4v) is 3.33. The number of ether oxygens (including phenoxy) is 1. The minimum atomic E-state index is 0.103. The van der Waals surface area contributed by atoms with Crippen molar-refractivity contribution in [2.24, 2.45) is 0 Å². The lowest BCUT2D eigenvalue weighted by Gasteiger charge is -2.31. The third-order valence-electron chi connectivity index (χ3n) is 4.45. The molecule has 1 aromatic rings. The maximum Gasteiger partial charge on any atom is 0.227 e. The molecule has 4 nitrogen and oxygen atoms in total. The Hall–Kier alpha value is -1.55. The van der Waals surface area contributed by atoms with E-state index < -0.39 is 0 Å². The second-order valence-corrected chi connectivity index (χ2v) is 5.96. The number of aromatic hydroxyl groups is 1. The molecule has 0 radical (unpaired) electrons. The van der Waals surface area contributed by atoms with E-state index in [0.29, 0.717) is 13.0 Å². The number of carbonyl (C=O) groups is 1. The van der Waals surface area contributed by atoms with Crippen LogP contribution in [0.25, 0.3) is 0 Å². The minimum Gasteiger partial charge on any atom is -0.506 e. The van der Waals surface area contributed by atoms with Gasteiger partial charge in [0.2, 0.25) is 5.91 Å². The summed E-state index contributed by atoms with van der Waals surface area (Å²) in [5.41, 5.74) is 1.79. The highest BCUT2D eigenvalue weighted by Gasteiger charge is 2.26. The lowest BCUT2D eigenvalue weighted by atomic mass is 9.99. The topological polar surface area (TPSA) is 49.8 Å². The number of aryl methyl sites for hydroxylation is 1. The highest BCUT2D eigenvalue weighted by Crippen LogP contribution is 2.35. The first-order valence-corrected chi connectivity index (χ1v) is 7.98. The Kier molecular flexibility index (Phi) is 4.44. The predicted octanol–water partition coefficient (Wildman–Crippen LogP) is 3.02. The number of carbonyl (C=O) groups excluding carboxylic acids is 1. The van der Waals surface area contributed by atoms with Gasteiger partial charge in [-0.05, 0) is 50.2 Å². The van der Waals surface area contributed by atoms with Gasteiger partial charge in [0, 0.05) is 19.6 Å². The zero-order valence-corrected chi connectivity index (χ0v) is 12.4. The standard InChI is InChI=1S/C17H23NO3/c19-15-8-3-5-13-6-4-11-18(17(13)15)16(20)10-9-14-7-1-2-12-21-14/h3,5,8,14,19H,1-2,4,6-7,9-12H2. The van der Waals surface area contributed by atoms with Crippen LogP contribution in [0.2, 0.25) is 0 Å². The van der Waals surface area contributed by atoms with Gasteiger partial charge >= 0.3 is 0 Å². The molecular weight excluding hydrogens is 266 g/mol. The van der Waals surface area contributed by atoms with Gasteiger partial charge in [0.25, 0.3) is 0 Å². The van der Waals surface area contributed by atoms with Crippen LogP contribution in [-0.2, 0) is 16.0 Å². The van der Waals surface area contributed by atoms with Gasteiger partial charge in [0.05, 0.1) is 11.8 Å². The van der Waals surface area contributed by atoms with Gasteiger partial charge in [0.1, 0.15) is 5.75 Å². The van der Waals surface area contributed by atoms with Crippen molar-refractivity contribution in [1.82, 2.24) is 0 Å². The number of benzene rings is 1. The Morgan fingerprint density at radius 3 is 3.05 bits per heavy atom. The summed E-state index contributed by atoms with van der Waals surface area (Å²) in [4.78, 5) is 14.3. The Morgan fingerprint density at radius 2 is 2.24 bits per heavy atom. The van der Waals surface area contributed by atoms with E-state index in [9.17, 15) is 9.90 Å². The molecule has 1 saturated heterocycles. The van der Waals surface area contributed by atoms with Gasteiger partial charge in [-0.3, -0.25) is 4.79 Å². The molecule has 1 amide bonds. The third kappa shape index (κ3) is 3.21. The molecule has 0 aromatic heterocycles. The van der Waals surface area contributed by atoms with Crippen LogP contribution in [0.4, 0.5) is 5.69 Å². The fraction of sp³-hybridized carbons (Fsp3) is 0.588. The number of rotatable bonds is 3. The van der Waals surface area contributed by atoms with Gasteiger partial charge < -0.3 is 14.7 Å². The van der Waals surface area contributed by atoms with E-state index in [1.165, 1.54) is 6.42 Å². The van der Waals surface area contributed by atoms with E-state index in [2.05, 4.69) is 0 Å². The Morgan fingerprint density at radius 1 is 1.33 bits per heavy atom. The average Bonchev–Trinajstić information content (AvgIpc) is 2.53. The molecule has 21 heavy (non-hydrogen) atoms. The molecular formula is C17H23NO3. The molecule has 1 unspecified atom stereocenters. The van der Waals surface area contributed by atoms with Gasteiger partial charge in [-0.15, -0.1) is 0 Å². The van der Waals surface area contributed by atoms with E-state index >= 15 is 0 Å². The Balaban J connectivity index is 1.66. The number of fused-ring (bicyclic) bond motifs is 1. The number of anilines is 1. The highest BCUT2D eigenvalue weighted by atomic mass is 16.5. The van der Waals surface area contributed by atoms with Crippen LogP contribution < -0.4 is 4.90 Å². The summed E-state index contributed by atoms with van der Waals surface area (Å²) in [6.45, 7) is 1.53. The summed E-state index contributed by atoms with van der Waals surface area (Å²) >= 11 is 0. The summed E-state index contributed by atoms with van der Waals surface area (Å²) in [7, 11) is 0. The van der Waals surface area contributed by atoms with Crippen LogP contribution >= 0.6 is 0 Å². The molecule has 1 fully saturated rings. The highest BCUT2D eigenvalue weighted by molar-refractivity contribution is 5.96. The number of hydrogen-bond acceptors (Lipinski definition) is 3. The molecule has 2 aliphatic heterocycles. The van der Waals surface area contributed by atoms with Gasteiger partial charge in [-0.2, -0.15) is 0 Å². The zero-order chi connectivity index (χ0) is 14.7. The van der Waals surface area contributed by atoms with Gasteiger partial charge in [-0.1, -0.05) is 12.1 Å². The number of phenols is 1. The minimum absolute atomic E-state index is 0.103. The third-order valence-corrected chi connectivity index (χ3v) is 4.45.